The number of ether oxygens (including phenoxy) is 1. The van der Waals surface area contributed by atoms with Crippen LogP contribution in [0.2, 0.25) is 0 Å². The molecule has 62 valence electrons. The average Bonchev–Trinajstić information content (AvgIpc) is 2.43. The van der Waals surface area contributed by atoms with Crippen molar-refractivity contribution in [3.63, 3.8) is 0 Å². The summed E-state index contributed by atoms with van der Waals surface area (Å²) in [6.07, 6.45) is 3.47. The van der Waals surface area contributed by atoms with Crippen molar-refractivity contribution in [3.8, 4) is 0 Å². The molecule has 0 fully saturated rings. The van der Waals surface area contributed by atoms with Gasteiger partial charge in [0, 0.05) is 7.11 Å². The first-order valence-electron chi connectivity index (χ1n) is 3.48. The first kappa shape index (κ1) is 7.57. The van der Waals surface area contributed by atoms with E-state index in [0.29, 0.717) is 10.9 Å². The number of hydrogen-bond donors (Lipinski definition) is 1. The number of nitrogens with zero attached hydrogens (tertiary/aromatic N) is 2. The molecule has 1 atom stereocenters. The van der Waals surface area contributed by atoms with Gasteiger partial charge < -0.3 is 10.1 Å². The van der Waals surface area contributed by atoms with Crippen LogP contribution in [-0.2, 0) is 4.74 Å². The van der Waals surface area contributed by atoms with Gasteiger partial charge in [-0.1, -0.05) is 0 Å². The van der Waals surface area contributed by atoms with Crippen LogP contribution in [0.3, 0.4) is 0 Å². The predicted molar refractivity (Wildman–Crippen MR) is 50.5 cm³/mol. The van der Waals surface area contributed by atoms with E-state index in [1.807, 2.05) is 12.2 Å². The Morgan fingerprint density at radius 2 is 2.50 bits per heavy atom. The Labute approximate surface area is 75.0 Å². The zero-order chi connectivity index (χ0) is 8.55. The minimum atomic E-state index is -0.215. The Balaban J connectivity index is 2.29. The van der Waals surface area contributed by atoms with Gasteiger partial charge in [-0.2, -0.15) is 0 Å². The third-order valence-corrected chi connectivity index (χ3v) is 1.80. The summed E-state index contributed by atoms with van der Waals surface area (Å²) >= 11 is 4.85. The number of rotatable bonds is 1. The summed E-state index contributed by atoms with van der Waals surface area (Å²) in [7, 11) is 1.61. The van der Waals surface area contributed by atoms with Gasteiger partial charge >= 0.3 is 0 Å². The van der Waals surface area contributed by atoms with E-state index in [4.69, 9.17) is 17.0 Å². The zero-order valence-electron chi connectivity index (χ0n) is 6.44. The van der Waals surface area contributed by atoms with Gasteiger partial charge in [0.15, 0.2) is 17.2 Å². The molecule has 0 aromatic rings. The molecule has 2 aliphatic rings. The third-order valence-electron chi connectivity index (χ3n) is 1.61. The lowest BCUT2D eigenvalue weighted by atomic mass is 10.2. The van der Waals surface area contributed by atoms with Crippen molar-refractivity contribution in [2.45, 2.75) is 6.23 Å². The molecule has 2 rings (SSSR count). The van der Waals surface area contributed by atoms with Gasteiger partial charge in [0.25, 0.3) is 0 Å². The molecule has 2 aliphatic heterocycles. The highest BCUT2D eigenvalue weighted by molar-refractivity contribution is 7.80. The fraction of sp³-hybridized carbons (Fsp3) is 0.286. The number of amidine groups is 1. The molecule has 5 heteroatoms. The van der Waals surface area contributed by atoms with Crippen molar-refractivity contribution < 1.29 is 4.74 Å². The Hall–Kier alpha value is -1.07. The molecule has 0 amide bonds. The van der Waals surface area contributed by atoms with E-state index >= 15 is 0 Å². The van der Waals surface area contributed by atoms with E-state index in [0.717, 1.165) is 5.71 Å². The van der Waals surface area contributed by atoms with E-state index in [2.05, 4.69) is 15.3 Å². The molecule has 1 unspecified atom stereocenters. The van der Waals surface area contributed by atoms with E-state index in [1.54, 1.807) is 7.11 Å². The molecule has 0 radical (unpaired) electrons. The van der Waals surface area contributed by atoms with Crippen LogP contribution in [0, 0.1) is 0 Å². The Morgan fingerprint density at radius 3 is 3.25 bits per heavy atom. The SMILES string of the molecule is COC1C=CC2=NC(=S)NC2=N1. The predicted octanol–water partition coefficient (Wildman–Crippen LogP) is 0.256. The van der Waals surface area contributed by atoms with Gasteiger partial charge in [0.05, 0.1) is 0 Å². The van der Waals surface area contributed by atoms with Crippen molar-refractivity contribution in [1.82, 2.24) is 5.32 Å². The smallest absolute Gasteiger partial charge is 0.199 e. The summed E-state index contributed by atoms with van der Waals surface area (Å²) in [5.74, 6) is 0.703. The normalized spacial score (nSPS) is 26.1. The molecular formula is C7H7N3OS. The summed E-state index contributed by atoms with van der Waals surface area (Å²) in [4.78, 5) is 8.23. The minimum Gasteiger partial charge on any atom is -0.356 e. The number of thiocarbonyl (C=S) groups is 1. The lowest BCUT2D eigenvalue weighted by Gasteiger charge is -2.10. The van der Waals surface area contributed by atoms with Crippen molar-refractivity contribution >= 4 is 28.9 Å². The maximum Gasteiger partial charge on any atom is 0.199 e. The number of hydrogen-bond acceptors (Lipinski definition) is 3. The number of fused-ring (bicyclic) bond motifs is 1. The Bertz CT molecular complexity index is 319. The van der Waals surface area contributed by atoms with Crippen LogP contribution in [0.15, 0.2) is 22.1 Å². The molecule has 0 saturated heterocycles. The van der Waals surface area contributed by atoms with Crippen LogP contribution >= 0.6 is 12.2 Å². The molecule has 1 N–H and O–H groups in total. The lowest BCUT2D eigenvalue weighted by molar-refractivity contribution is 0.148. The number of methoxy groups -OCH3 is 1. The molecule has 4 nitrogen and oxygen atoms in total. The topological polar surface area (TPSA) is 46.0 Å². The molecule has 0 aromatic carbocycles. The summed E-state index contributed by atoms with van der Waals surface area (Å²) in [5, 5.41) is 3.33. The van der Waals surface area contributed by atoms with Crippen LogP contribution in [0.5, 0.6) is 0 Å². The van der Waals surface area contributed by atoms with Crippen molar-refractivity contribution in [2.24, 2.45) is 9.98 Å². The third kappa shape index (κ3) is 1.17. The second kappa shape index (κ2) is 2.76. The Kier molecular flexibility index (Phi) is 1.74. The molecule has 0 bridgehead atoms. The summed E-state index contributed by atoms with van der Waals surface area (Å²) in [6, 6.07) is 0. The van der Waals surface area contributed by atoms with E-state index in [9.17, 15) is 0 Å². The van der Waals surface area contributed by atoms with Gasteiger partial charge in [-0.3, -0.25) is 0 Å². The van der Waals surface area contributed by atoms with Crippen LogP contribution in [0.1, 0.15) is 0 Å². The molecular weight excluding hydrogens is 174 g/mol. The average molecular weight is 181 g/mol. The largest absolute Gasteiger partial charge is 0.356 e. The van der Waals surface area contributed by atoms with Gasteiger partial charge in [-0.15, -0.1) is 0 Å². The van der Waals surface area contributed by atoms with Crippen LogP contribution < -0.4 is 5.32 Å². The molecule has 0 saturated carbocycles. The van der Waals surface area contributed by atoms with Crippen molar-refractivity contribution in [1.29, 1.82) is 0 Å². The second-order valence-corrected chi connectivity index (χ2v) is 2.78. The quantitative estimate of drug-likeness (QED) is 0.590. The minimum absolute atomic E-state index is 0.215. The van der Waals surface area contributed by atoms with Gasteiger partial charge in [0.2, 0.25) is 0 Å². The van der Waals surface area contributed by atoms with Crippen LogP contribution in [-0.4, -0.2) is 30.0 Å². The standard InChI is InChI=1S/C7H7N3OS/c1-11-5-3-2-4-6(9-5)10-7(12)8-4/h2-3,5H,1H3,(H,9,10,12). The fourth-order valence-corrected chi connectivity index (χ4v) is 1.24. The van der Waals surface area contributed by atoms with Gasteiger partial charge in [0.1, 0.15) is 5.71 Å². The monoisotopic (exact) mass is 181 g/mol. The highest BCUT2D eigenvalue weighted by atomic mass is 32.1. The lowest BCUT2D eigenvalue weighted by Crippen LogP contribution is -2.29. The maximum atomic E-state index is 5.02. The van der Waals surface area contributed by atoms with E-state index in [-0.39, 0.29) is 6.23 Å². The number of nitrogens with one attached hydrogen (secondary N) is 1. The molecule has 12 heavy (non-hydrogen) atoms. The first-order chi connectivity index (χ1) is 5.79. The Morgan fingerprint density at radius 1 is 1.67 bits per heavy atom. The highest BCUT2D eigenvalue weighted by Gasteiger charge is 2.20. The van der Waals surface area contributed by atoms with Crippen LogP contribution in [0.4, 0.5) is 0 Å². The first-order valence-corrected chi connectivity index (χ1v) is 3.89. The summed E-state index contributed by atoms with van der Waals surface area (Å²) < 4.78 is 5.02. The molecule has 0 aromatic heterocycles. The number of dihydropyridines is 1. The van der Waals surface area contributed by atoms with Gasteiger partial charge in [-0.25, -0.2) is 9.98 Å². The molecule has 0 aliphatic carbocycles. The second-order valence-electron chi connectivity index (χ2n) is 2.39. The summed E-state index contributed by atoms with van der Waals surface area (Å²) in [6.45, 7) is 0. The number of aliphatic imine (C=N–C) groups is 2. The zero-order valence-corrected chi connectivity index (χ0v) is 7.26. The molecule has 2 heterocycles. The van der Waals surface area contributed by atoms with Crippen LogP contribution in [0.25, 0.3) is 0 Å². The van der Waals surface area contributed by atoms with Crippen molar-refractivity contribution in [2.75, 3.05) is 7.11 Å². The highest BCUT2D eigenvalue weighted by Crippen LogP contribution is 2.07. The van der Waals surface area contributed by atoms with E-state index in [1.165, 1.54) is 0 Å². The van der Waals surface area contributed by atoms with Crippen molar-refractivity contribution in [3.05, 3.63) is 12.2 Å². The van der Waals surface area contributed by atoms with Gasteiger partial charge in [-0.05, 0) is 24.4 Å². The fourth-order valence-electron chi connectivity index (χ4n) is 1.05. The molecule has 0 spiro atoms. The van der Waals surface area contributed by atoms with E-state index < -0.39 is 0 Å². The maximum absolute atomic E-state index is 5.02. The summed E-state index contributed by atoms with van der Waals surface area (Å²) in [5.41, 5.74) is 0.785.